The van der Waals surface area contributed by atoms with Gasteiger partial charge in [0, 0.05) is 15.6 Å². The Morgan fingerprint density at radius 1 is 1.13 bits per heavy atom. The summed E-state index contributed by atoms with van der Waals surface area (Å²) in [5, 5.41) is 1.43. The van der Waals surface area contributed by atoms with Gasteiger partial charge in [-0.1, -0.05) is 61.2 Å². The van der Waals surface area contributed by atoms with E-state index in [4.69, 9.17) is 23.2 Å². The van der Waals surface area contributed by atoms with E-state index in [1.54, 1.807) is 0 Å². The van der Waals surface area contributed by atoms with Crippen molar-refractivity contribution in [1.29, 1.82) is 0 Å². The Kier molecular flexibility index (Phi) is 5.82. The predicted octanol–water partition coefficient (Wildman–Crippen LogP) is 5.59. The Morgan fingerprint density at radius 2 is 1.80 bits per heavy atom. The molecule has 0 aliphatic heterocycles. The van der Waals surface area contributed by atoms with Crippen molar-refractivity contribution in [2.24, 2.45) is 0 Å². The number of benzene rings is 1. The molecule has 1 rings (SSSR count). The van der Waals surface area contributed by atoms with Gasteiger partial charge in [-0.2, -0.15) is 0 Å². The number of rotatable bonds is 5. The first-order valence-corrected chi connectivity index (χ1v) is 6.12. The molecular weight excluding hydrogens is 227 g/mol. The van der Waals surface area contributed by atoms with Gasteiger partial charge in [0.2, 0.25) is 0 Å². The van der Waals surface area contributed by atoms with Crippen molar-refractivity contribution in [3.05, 3.63) is 39.9 Å². The second-order valence-electron chi connectivity index (χ2n) is 3.53. The van der Waals surface area contributed by atoms with Crippen LogP contribution in [-0.4, -0.2) is 0 Å². The van der Waals surface area contributed by atoms with Gasteiger partial charge in [0.05, 0.1) is 0 Å². The first kappa shape index (κ1) is 12.6. The standard InChI is InChI=1S/C13H16Cl2/c1-2-3-4-5-6-8-11-12(14)9-7-10-13(11)15/h6-10H,2-5H2,1H3/b8-6-. The minimum absolute atomic E-state index is 0.717. The van der Waals surface area contributed by atoms with Crippen molar-refractivity contribution in [3.8, 4) is 0 Å². The second-order valence-corrected chi connectivity index (χ2v) is 4.35. The molecule has 0 spiro atoms. The van der Waals surface area contributed by atoms with Crippen LogP contribution >= 0.6 is 23.2 Å². The highest BCUT2D eigenvalue weighted by molar-refractivity contribution is 6.37. The van der Waals surface area contributed by atoms with Crippen LogP contribution in [-0.2, 0) is 0 Å². The van der Waals surface area contributed by atoms with E-state index in [1.165, 1.54) is 19.3 Å². The molecule has 0 amide bonds. The predicted molar refractivity (Wildman–Crippen MR) is 69.6 cm³/mol. The molecule has 0 aromatic heterocycles. The zero-order chi connectivity index (χ0) is 11.1. The molecule has 0 heterocycles. The molecule has 0 unspecified atom stereocenters. The third-order valence-electron chi connectivity index (χ3n) is 2.26. The van der Waals surface area contributed by atoms with Gasteiger partial charge in [0.15, 0.2) is 0 Å². The summed E-state index contributed by atoms with van der Waals surface area (Å²) in [5.74, 6) is 0. The number of hydrogen-bond donors (Lipinski definition) is 0. The molecule has 0 bridgehead atoms. The summed E-state index contributed by atoms with van der Waals surface area (Å²) >= 11 is 12.1. The summed E-state index contributed by atoms with van der Waals surface area (Å²) < 4.78 is 0. The first-order chi connectivity index (χ1) is 7.25. The molecule has 0 radical (unpaired) electrons. The van der Waals surface area contributed by atoms with Crippen LogP contribution in [0.4, 0.5) is 0 Å². The van der Waals surface area contributed by atoms with E-state index in [0.717, 1.165) is 12.0 Å². The fourth-order valence-corrected chi connectivity index (χ4v) is 1.91. The quantitative estimate of drug-likeness (QED) is 0.591. The van der Waals surface area contributed by atoms with Gasteiger partial charge >= 0.3 is 0 Å². The van der Waals surface area contributed by atoms with Gasteiger partial charge in [0.25, 0.3) is 0 Å². The van der Waals surface area contributed by atoms with E-state index in [-0.39, 0.29) is 0 Å². The van der Waals surface area contributed by atoms with Gasteiger partial charge in [-0.15, -0.1) is 0 Å². The zero-order valence-electron chi connectivity index (χ0n) is 8.97. The van der Waals surface area contributed by atoms with Crippen LogP contribution in [0.25, 0.3) is 6.08 Å². The third kappa shape index (κ3) is 4.27. The van der Waals surface area contributed by atoms with E-state index < -0.39 is 0 Å². The Morgan fingerprint density at radius 3 is 2.40 bits per heavy atom. The summed E-state index contributed by atoms with van der Waals surface area (Å²) in [5.41, 5.74) is 0.928. The SMILES string of the molecule is CCCCC/C=C\c1c(Cl)cccc1Cl. The monoisotopic (exact) mass is 242 g/mol. The Labute approximate surface area is 102 Å². The summed E-state index contributed by atoms with van der Waals surface area (Å²) in [6, 6.07) is 5.58. The van der Waals surface area contributed by atoms with Gasteiger partial charge in [-0.3, -0.25) is 0 Å². The Hall–Kier alpha value is -0.460. The van der Waals surface area contributed by atoms with Crippen molar-refractivity contribution >= 4 is 29.3 Å². The van der Waals surface area contributed by atoms with Crippen molar-refractivity contribution in [1.82, 2.24) is 0 Å². The molecule has 1 aromatic rings. The molecule has 15 heavy (non-hydrogen) atoms. The van der Waals surface area contributed by atoms with E-state index in [2.05, 4.69) is 13.0 Å². The van der Waals surface area contributed by atoms with Crippen molar-refractivity contribution in [2.75, 3.05) is 0 Å². The molecule has 0 aliphatic rings. The second kappa shape index (κ2) is 6.92. The van der Waals surface area contributed by atoms with E-state index >= 15 is 0 Å². The van der Waals surface area contributed by atoms with E-state index in [9.17, 15) is 0 Å². The van der Waals surface area contributed by atoms with Gasteiger partial charge in [-0.25, -0.2) is 0 Å². The summed E-state index contributed by atoms with van der Waals surface area (Å²) in [6.07, 6.45) is 9.01. The fraction of sp³-hybridized carbons (Fsp3) is 0.385. The number of allylic oxidation sites excluding steroid dienone is 1. The number of hydrogen-bond acceptors (Lipinski definition) is 0. The van der Waals surface area contributed by atoms with Gasteiger partial charge in [0.1, 0.15) is 0 Å². The summed E-state index contributed by atoms with van der Waals surface area (Å²) in [7, 11) is 0. The molecule has 0 aliphatic carbocycles. The van der Waals surface area contributed by atoms with Crippen molar-refractivity contribution in [3.63, 3.8) is 0 Å². The molecule has 82 valence electrons. The average Bonchev–Trinajstić information content (AvgIpc) is 2.21. The maximum absolute atomic E-state index is 6.03. The van der Waals surface area contributed by atoms with Crippen LogP contribution < -0.4 is 0 Å². The summed E-state index contributed by atoms with van der Waals surface area (Å²) in [4.78, 5) is 0. The fourth-order valence-electron chi connectivity index (χ4n) is 1.38. The smallest absolute Gasteiger partial charge is 0.0493 e. The van der Waals surface area contributed by atoms with Crippen molar-refractivity contribution in [2.45, 2.75) is 32.6 Å². The molecule has 0 nitrogen and oxygen atoms in total. The van der Waals surface area contributed by atoms with Crippen LogP contribution in [0.5, 0.6) is 0 Å². The van der Waals surface area contributed by atoms with E-state index in [0.29, 0.717) is 10.0 Å². The minimum Gasteiger partial charge on any atom is -0.0838 e. The lowest BCUT2D eigenvalue weighted by atomic mass is 10.1. The lowest BCUT2D eigenvalue weighted by molar-refractivity contribution is 0.730. The average molecular weight is 243 g/mol. The van der Waals surface area contributed by atoms with Crippen molar-refractivity contribution < 1.29 is 0 Å². The van der Waals surface area contributed by atoms with Crippen LogP contribution in [0.2, 0.25) is 10.0 Å². The molecule has 0 saturated carbocycles. The maximum atomic E-state index is 6.03. The Bertz CT molecular complexity index is 309. The number of unbranched alkanes of at least 4 members (excludes halogenated alkanes) is 3. The maximum Gasteiger partial charge on any atom is 0.0493 e. The largest absolute Gasteiger partial charge is 0.0838 e. The van der Waals surface area contributed by atoms with Gasteiger partial charge < -0.3 is 0 Å². The highest BCUT2D eigenvalue weighted by atomic mass is 35.5. The number of halogens is 2. The molecule has 0 fully saturated rings. The molecule has 0 saturated heterocycles. The van der Waals surface area contributed by atoms with Gasteiger partial charge in [-0.05, 0) is 25.0 Å². The minimum atomic E-state index is 0.717. The van der Waals surface area contributed by atoms with Crippen LogP contribution in [0.1, 0.15) is 38.2 Å². The van der Waals surface area contributed by atoms with Crippen LogP contribution in [0.3, 0.4) is 0 Å². The molecule has 1 aromatic carbocycles. The topological polar surface area (TPSA) is 0 Å². The third-order valence-corrected chi connectivity index (χ3v) is 2.92. The lowest BCUT2D eigenvalue weighted by Crippen LogP contribution is -1.77. The lowest BCUT2D eigenvalue weighted by Gasteiger charge is -2.00. The van der Waals surface area contributed by atoms with Crippen LogP contribution in [0, 0.1) is 0 Å². The molecule has 0 N–H and O–H groups in total. The molecule has 0 atom stereocenters. The summed E-state index contributed by atoms with van der Waals surface area (Å²) in [6.45, 7) is 2.20. The molecule has 2 heteroatoms. The van der Waals surface area contributed by atoms with E-state index in [1.807, 2.05) is 24.3 Å². The Balaban J connectivity index is 2.56. The zero-order valence-corrected chi connectivity index (χ0v) is 10.5. The first-order valence-electron chi connectivity index (χ1n) is 5.36. The highest BCUT2D eigenvalue weighted by Crippen LogP contribution is 2.25. The normalized spacial score (nSPS) is 11.1. The van der Waals surface area contributed by atoms with Crippen LogP contribution in [0.15, 0.2) is 24.3 Å². The highest BCUT2D eigenvalue weighted by Gasteiger charge is 2.00. The molecular formula is C13H16Cl2.